The fourth-order valence-electron chi connectivity index (χ4n) is 4.77. The molecule has 5 aliphatic heterocycles. The smallest absolute Gasteiger partial charge is 0.335 e. The number of hydrogen-bond acceptors (Lipinski definition) is 9. The standard InChI is InChI=1S/C8H11NO3.C7H11NO2.C5H9NO2/c1-6-9-4-2-3-8(9,5-10)7(11)12-6;1-5-8-4-2-3-6(8)7(9)10-5;7-5(8)4-2-1-3-6-4/h5-6H,2-4H2,1H3;5-6H,2-4H2,1H3;4,6H,1-3H2,(H,7,8)/t6-,8-;5-,6+;4-/m110/s1. The molecule has 0 aromatic heterocycles. The molecule has 30 heavy (non-hydrogen) atoms. The summed E-state index contributed by atoms with van der Waals surface area (Å²) in [5.74, 6) is -1.12. The Morgan fingerprint density at radius 2 is 1.90 bits per heavy atom. The van der Waals surface area contributed by atoms with Crippen molar-refractivity contribution in [2.75, 3.05) is 19.6 Å². The van der Waals surface area contributed by atoms with Crippen LogP contribution >= 0.6 is 0 Å². The number of cyclic esters (lactones) is 2. The Labute approximate surface area is 175 Å². The summed E-state index contributed by atoms with van der Waals surface area (Å²) in [6.45, 7) is 6.40. The minimum absolute atomic E-state index is 0.0231. The van der Waals surface area contributed by atoms with Gasteiger partial charge in [0.05, 0.1) is 0 Å². The monoisotopic (exact) mass is 425 g/mol. The summed E-state index contributed by atoms with van der Waals surface area (Å²) in [5, 5.41) is 11.2. The summed E-state index contributed by atoms with van der Waals surface area (Å²) in [7, 11) is 0. The molecule has 5 aliphatic rings. The summed E-state index contributed by atoms with van der Waals surface area (Å²) < 4.78 is 9.99. The molecule has 0 aromatic rings. The van der Waals surface area contributed by atoms with Gasteiger partial charge in [-0.05, 0) is 58.9 Å². The van der Waals surface area contributed by atoms with E-state index in [0.29, 0.717) is 6.42 Å². The normalized spacial score (nSPS) is 37.3. The number of carboxylic acid groups (broad SMARTS) is 1. The molecule has 5 atom stereocenters. The van der Waals surface area contributed by atoms with Gasteiger partial charge in [-0.2, -0.15) is 0 Å². The van der Waals surface area contributed by atoms with Crippen LogP contribution in [0.2, 0.25) is 0 Å². The van der Waals surface area contributed by atoms with Gasteiger partial charge in [-0.3, -0.25) is 14.5 Å². The zero-order valence-corrected chi connectivity index (χ0v) is 17.5. The van der Waals surface area contributed by atoms with Crippen molar-refractivity contribution in [3.8, 4) is 0 Å². The first-order chi connectivity index (χ1) is 14.3. The van der Waals surface area contributed by atoms with E-state index in [1.165, 1.54) is 0 Å². The molecular formula is C20H31N3O7. The van der Waals surface area contributed by atoms with Gasteiger partial charge in [0.1, 0.15) is 12.1 Å². The molecule has 2 N–H and O–H groups in total. The summed E-state index contributed by atoms with van der Waals surface area (Å²) in [6, 6.07) is -0.176. The second-order valence-electron chi connectivity index (χ2n) is 8.26. The van der Waals surface area contributed by atoms with E-state index < -0.39 is 11.5 Å². The van der Waals surface area contributed by atoms with Gasteiger partial charge < -0.3 is 24.7 Å². The van der Waals surface area contributed by atoms with Crippen LogP contribution in [-0.2, 0) is 28.7 Å². The van der Waals surface area contributed by atoms with E-state index >= 15 is 0 Å². The van der Waals surface area contributed by atoms with Crippen LogP contribution in [0.4, 0.5) is 0 Å². The molecular weight excluding hydrogens is 394 g/mol. The topological polar surface area (TPSA) is 125 Å². The molecule has 0 unspecified atom stereocenters. The Kier molecular flexibility index (Phi) is 7.10. The summed E-state index contributed by atoms with van der Waals surface area (Å²) in [4.78, 5) is 47.3. The lowest BCUT2D eigenvalue weighted by atomic mass is 10.00. The maximum absolute atomic E-state index is 11.3. The van der Waals surface area contributed by atoms with Crippen LogP contribution in [0, 0.1) is 0 Å². The van der Waals surface area contributed by atoms with Crippen LogP contribution in [0.15, 0.2) is 0 Å². The average molecular weight is 425 g/mol. The average Bonchev–Trinajstić information content (AvgIpc) is 3.51. The summed E-state index contributed by atoms with van der Waals surface area (Å²) in [5.41, 5.74) is -0.931. The number of fused-ring (bicyclic) bond motifs is 2. The van der Waals surface area contributed by atoms with Gasteiger partial charge in [-0.15, -0.1) is 0 Å². The number of rotatable bonds is 2. The van der Waals surface area contributed by atoms with E-state index in [9.17, 15) is 19.2 Å². The third-order valence-corrected chi connectivity index (χ3v) is 6.41. The van der Waals surface area contributed by atoms with Crippen molar-refractivity contribution < 1.29 is 33.8 Å². The predicted octanol–water partition coefficient (Wildman–Crippen LogP) is 0.0993. The first-order valence-corrected chi connectivity index (χ1v) is 10.7. The third kappa shape index (κ3) is 4.35. The van der Waals surface area contributed by atoms with E-state index in [-0.39, 0.29) is 36.5 Å². The van der Waals surface area contributed by atoms with Crippen LogP contribution < -0.4 is 5.32 Å². The maximum Gasteiger partial charge on any atom is 0.335 e. The molecule has 0 saturated carbocycles. The third-order valence-electron chi connectivity index (χ3n) is 6.41. The highest BCUT2D eigenvalue weighted by atomic mass is 16.6. The number of nitrogens with one attached hydrogen (secondary N) is 1. The zero-order valence-electron chi connectivity index (χ0n) is 17.5. The highest BCUT2D eigenvalue weighted by molar-refractivity contribution is 6.00. The van der Waals surface area contributed by atoms with Crippen molar-refractivity contribution in [1.29, 1.82) is 0 Å². The number of hydrogen-bond donors (Lipinski definition) is 2. The Morgan fingerprint density at radius 1 is 1.13 bits per heavy atom. The van der Waals surface area contributed by atoms with Gasteiger partial charge in [0, 0.05) is 13.1 Å². The molecule has 168 valence electrons. The van der Waals surface area contributed by atoms with Gasteiger partial charge in [0.15, 0.2) is 24.3 Å². The van der Waals surface area contributed by atoms with Gasteiger partial charge in [-0.25, -0.2) is 9.69 Å². The number of nitrogens with zero attached hydrogens (tertiary/aromatic N) is 2. The van der Waals surface area contributed by atoms with Crippen molar-refractivity contribution >= 4 is 24.2 Å². The zero-order chi connectivity index (χ0) is 21.9. The molecule has 5 heterocycles. The Bertz CT molecular complexity index is 681. The molecule has 10 heteroatoms. The molecule has 0 amide bonds. The minimum atomic E-state index is -0.931. The number of carbonyl (C=O) groups is 4. The van der Waals surface area contributed by atoms with Gasteiger partial charge in [0.25, 0.3) is 0 Å². The number of aliphatic carboxylic acids is 1. The van der Waals surface area contributed by atoms with Crippen LogP contribution in [-0.4, -0.2) is 88.8 Å². The van der Waals surface area contributed by atoms with Crippen molar-refractivity contribution in [3.05, 3.63) is 0 Å². The number of ether oxygens (including phenoxy) is 2. The summed E-state index contributed by atoms with van der Waals surface area (Å²) >= 11 is 0. The lowest BCUT2D eigenvalue weighted by Crippen LogP contribution is -2.46. The maximum atomic E-state index is 11.3. The first kappa shape index (κ1) is 22.6. The fourth-order valence-corrected chi connectivity index (χ4v) is 4.77. The van der Waals surface area contributed by atoms with E-state index in [1.807, 2.05) is 11.8 Å². The molecule has 5 saturated heterocycles. The minimum Gasteiger partial charge on any atom is -0.480 e. The SMILES string of the molecule is C[C@H]1OC(=O)[C@@H]2CCCN12.C[C@H]1OC(=O)[C@]2(C=O)CCCN12.O=C(O)[C@@H]1CCCN1. The van der Waals surface area contributed by atoms with E-state index in [4.69, 9.17) is 14.6 Å². The first-order valence-electron chi connectivity index (χ1n) is 10.7. The number of carbonyl (C=O) groups excluding carboxylic acids is 3. The highest BCUT2D eigenvalue weighted by Crippen LogP contribution is 2.36. The largest absolute Gasteiger partial charge is 0.480 e. The van der Waals surface area contributed by atoms with E-state index in [2.05, 4.69) is 10.2 Å². The molecule has 5 rings (SSSR count). The van der Waals surface area contributed by atoms with Gasteiger partial charge >= 0.3 is 17.9 Å². The second kappa shape index (κ2) is 9.40. The lowest BCUT2D eigenvalue weighted by molar-refractivity contribution is -0.146. The van der Waals surface area contributed by atoms with Crippen molar-refractivity contribution in [2.24, 2.45) is 0 Å². The highest BCUT2D eigenvalue weighted by Gasteiger charge is 2.56. The molecule has 0 bridgehead atoms. The molecule has 10 nitrogen and oxygen atoms in total. The van der Waals surface area contributed by atoms with Gasteiger partial charge in [-0.1, -0.05) is 0 Å². The van der Waals surface area contributed by atoms with E-state index in [1.54, 1.807) is 6.92 Å². The Hall–Kier alpha value is -2.04. The Morgan fingerprint density at radius 3 is 2.43 bits per heavy atom. The second-order valence-corrected chi connectivity index (χ2v) is 8.26. The quantitative estimate of drug-likeness (QED) is 0.357. The van der Waals surface area contributed by atoms with Crippen LogP contribution in [0.25, 0.3) is 0 Å². The molecule has 0 aromatic carbocycles. The number of aldehydes is 1. The number of esters is 2. The molecule has 0 aliphatic carbocycles. The fraction of sp³-hybridized carbons (Fsp3) is 0.800. The van der Waals surface area contributed by atoms with E-state index in [0.717, 1.165) is 58.0 Å². The van der Waals surface area contributed by atoms with Crippen LogP contribution in [0.5, 0.6) is 0 Å². The lowest BCUT2D eigenvalue weighted by Gasteiger charge is -2.21. The van der Waals surface area contributed by atoms with Crippen LogP contribution in [0.3, 0.4) is 0 Å². The van der Waals surface area contributed by atoms with Crippen LogP contribution in [0.1, 0.15) is 52.4 Å². The molecule has 0 spiro atoms. The summed E-state index contributed by atoms with van der Waals surface area (Å²) in [6.07, 6.45) is 5.95. The van der Waals surface area contributed by atoms with Crippen molar-refractivity contribution in [1.82, 2.24) is 15.1 Å². The van der Waals surface area contributed by atoms with Crippen molar-refractivity contribution in [2.45, 2.75) is 82.5 Å². The predicted molar refractivity (Wildman–Crippen MR) is 104 cm³/mol. The van der Waals surface area contributed by atoms with Crippen molar-refractivity contribution in [3.63, 3.8) is 0 Å². The number of carboxylic acids is 1. The van der Waals surface area contributed by atoms with Gasteiger partial charge in [0.2, 0.25) is 0 Å². The Balaban J connectivity index is 0.000000131. The molecule has 0 radical (unpaired) electrons. The molecule has 5 fully saturated rings.